The van der Waals surface area contributed by atoms with E-state index in [4.69, 9.17) is 0 Å². The summed E-state index contributed by atoms with van der Waals surface area (Å²) in [5.41, 5.74) is 3.95. The summed E-state index contributed by atoms with van der Waals surface area (Å²) >= 11 is 1.80. The number of rotatable bonds is 4. The van der Waals surface area contributed by atoms with Crippen LogP contribution in [0, 0.1) is 6.92 Å². The molecule has 0 bridgehead atoms. The Balaban J connectivity index is 2.41. The molecule has 0 saturated heterocycles. The van der Waals surface area contributed by atoms with Crippen LogP contribution in [0.5, 0.6) is 0 Å². The maximum absolute atomic E-state index is 3.42. The molecule has 2 aromatic carbocycles. The fraction of sp³-hybridized carbons (Fsp3) is 0.250. The minimum Gasteiger partial charge on any atom is -0.309 e. The Morgan fingerprint density at radius 1 is 1.00 bits per heavy atom. The topological polar surface area (TPSA) is 12.0 Å². The largest absolute Gasteiger partial charge is 0.309 e. The Bertz CT molecular complexity index is 505. The van der Waals surface area contributed by atoms with Gasteiger partial charge < -0.3 is 5.32 Å². The van der Waals surface area contributed by atoms with Gasteiger partial charge in [0.1, 0.15) is 0 Å². The van der Waals surface area contributed by atoms with Crippen molar-refractivity contribution >= 4 is 11.8 Å². The predicted molar refractivity (Wildman–Crippen MR) is 80.3 cm³/mol. The summed E-state index contributed by atoms with van der Waals surface area (Å²) in [5, 5.41) is 3.42. The lowest BCUT2D eigenvalue weighted by molar-refractivity contribution is 0.680. The molecule has 0 heterocycles. The van der Waals surface area contributed by atoms with Crippen molar-refractivity contribution in [2.45, 2.75) is 17.9 Å². The molecule has 2 rings (SSSR count). The summed E-state index contributed by atoms with van der Waals surface area (Å²) in [6, 6.07) is 17.6. The molecule has 1 N–H and O–H groups in total. The van der Waals surface area contributed by atoms with Crippen molar-refractivity contribution in [3.63, 3.8) is 0 Å². The summed E-state index contributed by atoms with van der Waals surface area (Å²) in [6.07, 6.45) is 2.13. The van der Waals surface area contributed by atoms with Crippen molar-refractivity contribution in [1.82, 2.24) is 5.32 Å². The van der Waals surface area contributed by atoms with E-state index in [1.807, 2.05) is 7.05 Å². The Morgan fingerprint density at radius 2 is 1.67 bits per heavy atom. The fourth-order valence-corrected chi connectivity index (χ4v) is 2.80. The Labute approximate surface area is 114 Å². The van der Waals surface area contributed by atoms with Crippen molar-refractivity contribution in [1.29, 1.82) is 0 Å². The molecule has 0 radical (unpaired) electrons. The van der Waals surface area contributed by atoms with Gasteiger partial charge >= 0.3 is 0 Å². The van der Waals surface area contributed by atoms with E-state index in [2.05, 4.69) is 67.0 Å². The second-order valence-electron chi connectivity index (χ2n) is 4.37. The van der Waals surface area contributed by atoms with E-state index in [1.54, 1.807) is 11.8 Å². The first-order valence-electron chi connectivity index (χ1n) is 6.13. The lowest BCUT2D eigenvalue weighted by Gasteiger charge is -2.20. The van der Waals surface area contributed by atoms with Crippen LogP contribution in [0.4, 0.5) is 0 Å². The average Bonchev–Trinajstić information content (AvgIpc) is 2.42. The number of hydrogen-bond donors (Lipinski definition) is 1. The molecule has 0 spiro atoms. The van der Waals surface area contributed by atoms with E-state index in [9.17, 15) is 0 Å². The van der Waals surface area contributed by atoms with Crippen LogP contribution >= 0.6 is 11.8 Å². The molecule has 0 amide bonds. The Morgan fingerprint density at radius 3 is 2.28 bits per heavy atom. The highest BCUT2D eigenvalue weighted by molar-refractivity contribution is 7.98. The molecule has 1 nitrogen and oxygen atoms in total. The molecule has 2 aromatic rings. The second-order valence-corrected chi connectivity index (χ2v) is 5.22. The minimum absolute atomic E-state index is 0.259. The molecule has 0 fully saturated rings. The summed E-state index contributed by atoms with van der Waals surface area (Å²) in [7, 11) is 2.02. The predicted octanol–water partition coefficient (Wildman–Crippen LogP) is 4.03. The fourth-order valence-electron chi connectivity index (χ4n) is 2.17. The van der Waals surface area contributed by atoms with Gasteiger partial charge in [-0.3, -0.25) is 0 Å². The van der Waals surface area contributed by atoms with E-state index in [1.165, 1.54) is 21.6 Å². The standard InChI is InChI=1S/C16H19NS/c1-12-8-10-13(11-9-12)16(17-2)14-6-4-5-7-15(14)18-3/h4-11,16-17H,1-3H3. The van der Waals surface area contributed by atoms with E-state index < -0.39 is 0 Å². The zero-order chi connectivity index (χ0) is 13.0. The van der Waals surface area contributed by atoms with Gasteiger partial charge in [0.05, 0.1) is 6.04 Å². The van der Waals surface area contributed by atoms with Gasteiger partial charge in [-0.25, -0.2) is 0 Å². The monoisotopic (exact) mass is 257 g/mol. The SMILES string of the molecule is CNC(c1ccc(C)cc1)c1ccccc1SC. The highest BCUT2D eigenvalue weighted by atomic mass is 32.2. The molecule has 0 aliphatic heterocycles. The van der Waals surface area contributed by atoms with Crippen LogP contribution in [-0.2, 0) is 0 Å². The van der Waals surface area contributed by atoms with E-state index in [-0.39, 0.29) is 6.04 Å². The smallest absolute Gasteiger partial charge is 0.0585 e. The Hall–Kier alpha value is -1.25. The van der Waals surface area contributed by atoms with Crippen LogP contribution in [0.3, 0.4) is 0 Å². The summed E-state index contributed by atoms with van der Waals surface area (Å²) in [6.45, 7) is 2.12. The van der Waals surface area contributed by atoms with E-state index in [0.717, 1.165) is 0 Å². The zero-order valence-electron chi connectivity index (χ0n) is 11.1. The molecular formula is C16H19NS. The number of nitrogens with one attached hydrogen (secondary N) is 1. The van der Waals surface area contributed by atoms with E-state index in [0.29, 0.717) is 0 Å². The normalized spacial score (nSPS) is 12.4. The van der Waals surface area contributed by atoms with Gasteiger partial charge in [-0.1, -0.05) is 48.0 Å². The number of benzene rings is 2. The first kappa shape index (κ1) is 13.2. The Kier molecular flexibility index (Phi) is 4.45. The third-order valence-corrected chi connectivity index (χ3v) is 3.96. The van der Waals surface area contributed by atoms with Gasteiger partial charge in [-0.2, -0.15) is 0 Å². The number of thioether (sulfide) groups is 1. The van der Waals surface area contributed by atoms with Crippen LogP contribution in [0.15, 0.2) is 53.4 Å². The first-order chi connectivity index (χ1) is 8.76. The van der Waals surface area contributed by atoms with Crippen molar-refractivity contribution in [2.75, 3.05) is 13.3 Å². The highest BCUT2D eigenvalue weighted by Gasteiger charge is 2.14. The van der Waals surface area contributed by atoms with Crippen LogP contribution in [-0.4, -0.2) is 13.3 Å². The summed E-state index contributed by atoms with van der Waals surface area (Å²) in [4.78, 5) is 1.33. The van der Waals surface area contributed by atoms with Crippen LogP contribution in [0.1, 0.15) is 22.7 Å². The van der Waals surface area contributed by atoms with Gasteiger partial charge in [-0.15, -0.1) is 11.8 Å². The van der Waals surface area contributed by atoms with Gasteiger partial charge in [-0.05, 0) is 37.4 Å². The van der Waals surface area contributed by atoms with Crippen LogP contribution < -0.4 is 5.32 Å². The zero-order valence-corrected chi connectivity index (χ0v) is 11.9. The molecule has 0 aliphatic rings. The molecular weight excluding hydrogens is 238 g/mol. The van der Waals surface area contributed by atoms with Gasteiger partial charge in [0.15, 0.2) is 0 Å². The van der Waals surface area contributed by atoms with Gasteiger partial charge in [0.25, 0.3) is 0 Å². The minimum atomic E-state index is 0.259. The third-order valence-electron chi connectivity index (χ3n) is 3.15. The lowest BCUT2D eigenvalue weighted by Crippen LogP contribution is -2.18. The van der Waals surface area contributed by atoms with Crippen molar-refractivity contribution < 1.29 is 0 Å². The molecule has 2 heteroatoms. The maximum atomic E-state index is 3.42. The lowest BCUT2D eigenvalue weighted by atomic mass is 9.98. The quantitative estimate of drug-likeness (QED) is 0.830. The van der Waals surface area contributed by atoms with Crippen molar-refractivity contribution in [2.24, 2.45) is 0 Å². The summed E-state index contributed by atoms with van der Waals surface area (Å²) < 4.78 is 0. The second kappa shape index (κ2) is 6.07. The molecule has 1 atom stereocenters. The van der Waals surface area contributed by atoms with Crippen molar-refractivity contribution in [3.05, 3.63) is 65.2 Å². The van der Waals surface area contributed by atoms with Gasteiger partial charge in [0.2, 0.25) is 0 Å². The first-order valence-corrected chi connectivity index (χ1v) is 7.35. The third kappa shape index (κ3) is 2.77. The molecule has 0 aliphatic carbocycles. The molecule has 1 unspecified atom stereocenters. The van der Waals surface area contributed by atoms with Crippen LogP contribution in [0.2, 0.25) is 0 Å². The molecule has 18 heavy (non-hydrogen) atoms. The van der Waals surface area contributed by atoms with Crippen molar-refractivity contribution in [3.8, 4) is 0 Å². The molecule has 0 saturated carbocycles. The number of hydrogen-bond acceptors (Lipinski definition) is 2. The maximum Gasteiger partial charge on any atom is 0.0585 e. The summed E-state index contributed by atoms with van der Waals surface area (Å²) in [5.74, 6) is 0. The van der Waals surface area contributed by atoms with E-state index >= 15 is 0 Å². The number of aryl methyl sites for hydroxylation is 1. The molecule has 94 valence electrons. The molecule has 0 aromatic heterocycles. The van der Waals surface area contributed by atoms with Gasteiger partial charge in [0, 0.05) is 4.90 Å². The van der Waals surface area contributed by atoms with Crippen LogP contribution in [0.25, 0.3) is 0 Å². The highest BCUT2D eigenvalue weighted by Crippen LogP contribution is 2.29. The average molecular weight is 257 g/mol.